The number of rotatable bonds is 2. The molecule has 0 atom stereocenters. The third-order valence-corrected chi connectivity index (χ3v) is 1.86. The molecule has 0 spiro atoms. The molecule has 1 heterocycles. The smallest absolute Gasteiger partial charge is 0.102 e. The normalized spacial score (nSPS) is 10.2. The summed E-state index contributed by atoms with van der Waals surface area (Å²) in [6.07, 6.45) is 7.10. The topological polar surface area (TPSA) is 17.8 Å². The molecule has 0 saturated heterocycles. The van der Waals surface area contributed by atoms with E-state index in [4.69, 9.17) is 6.42 Å². The highest BCUT2D eigenvalue weighted by molar-refractivity contribution is 5.19. The summed E-state index contributed by atoms with van der Waals surface area (Å²) >= 11 is 0. The van der Waals surface area contributed by atoms with Crippen molar-refractivity contribution in [3.8, 4) is 12.3 Å². The number of hydrogen-bond acceptors (Lipinski definition) is 1. The molecule has 2 nitrogen and oxygen atoms in total. The maximum atomic E-state index is 5.23. The van der Waals surface area contributed by atoms with Gasteiger partial charge < -0.3 is 0 Å². The van der Waals surface area contributed by atoms with Crippen molar-refractivity contribution in [3.05, 3.63) is 17.5 Å². The molecule has 0 aliphatic rings. The van der Waals surface area contributed by atoms with Crippen LogP contribution in [-0.4, -0.2) is 9.78 Å². The molecule has 0 aliphatic carbocycles. The van der Waals surface area contributed by atoms with Gasteiger partial charge in [-0.05, 0) is 18.4 Å². The quantitative estimate of drug-likeness (QED) is 0.608. The van der Waals surface area contributed by atoms with E-state index in [0.29, 0.717) is 12.5 Å². The van der Waals surface area contributed by atoms with E-state index < -0.39 is 0 Å². The van der Waals surface area contributed by atoms with E-state index >= 15 is 0 Å². The van der Waals surface area contributed by atoms with Crippen molar-refractivity contribution >= 4 is 0 Å². The Hall–Kier alpha value is -1.23. The van der Waals surface area contributed by atoms with Crippen molar-refractivity contribution in [1.82, 2.24) is 9.78 Å². The highest BCUT2D eigenvalue weighted by Crippen LogP contribution is 2.17. The van der Waals surface area contributed by atoms with Crippen molar-refractivity contribution in [3.63, 3.8) is 0 Å². The van der Waals surface area contributed by atoms with Gasteiger partial charge >= 0.3 is 0 Å². The van der Waals surface area contributed by atoms with Gasteiger partial charge in [0.15, 0.2) is 0 Å². The Balaban J connectivity index is 3.05. The van der Waals surface area contributed by atoms with Crippen LogP contribution in [0.5, 0.6) is 0 Å². The van der Waals surface area contributed by atoms with Gasteiger partial charge in [0, 0.05) is 5.69 Å². The third-order valence-electron chi connectivity index (χ3n) is 1.86. The molecule has 0 bridgehead atoms. The minimum absolute atomic E-state index is 0.487. The Labute approximate surface area is 73.6 Å². The summed E-state index contributed by atoms with van der Waals surface area (Å²) < 4.78 is 1.89. The highest BCUT2D eigenvalue weighted by atomic mass is 15.3. The van der Waals surface area contributed by atoms with E-state index in [1.807, 2.05) is 10.9 Å². The minimum Gasteiger partial charge on any atom is -0.257 e. The first-order valence-electron chi connectivity index (χ1n) is 4.12. The molecule has 12 heavy (non-hydrogen) atoms. The van der Waals surface area contributed by atoms with Gasteiger partial charge in [-0.3, -0.25) is 4.68 Å². The third kappa shape index (κ3) is 1.50. The minimum atomic E-state index is 0.487. The zero-order chi connectivity index (χ0) is 9.14. The maximum Gasteiger partial charge on any atom is 0.102 e. The van der Waals surface area contributed by atoms with E-state index in [-0.39, 0.29) is 0 Å². The number of terminal acetylenes is 1. The first kappa shape index (κ1) is 8.86. The lowest BCUT2D eigenvalue weighted by atomic mass is 10.1. The van der Waals surface area contributed by atoms with Crippen LogP contribution in [-0.2, 0) is 6.54 Å². The lowest BCUT2D eigenvalue weighted by Crippen LogP contribution is -2.05. The summed E-state index contributed by atoms with van der Waals surface area (Å²) in [5.74, 6) is 3.08. The largest absolute Gasteiger partial charge is 0.257 e. The number of nitrogens with zero attached hydrogens (tertiary/aromatic N) is 2. The van der Waals surface area contributed by atoms with Gasteiger partial charge in [0.05, 0.1) is 6.20 Å². The molecule has 0 unspecified atom stereocenters. The second-order valence-electron chi connectivity index (χ2n) is 3.23. The summed E-state index contributed by atoms with van der Waals surface area (Å²) in [4.78, 5) is 0. The average Bonchev–Trinajstić information content (AvgIpc) is 2.32. The molecule has 2 heteroatoms. The van der Waals surface area contributed by atoms with Crippen molar-refractivity contribution in [2.24, 2.45) is 0 Å². The molecule has 0 aliphatic heterocycles. The fraction of sp³-hybridized carbons (Fsp3) is 0.500. The van der Waals surface area contributed by atoms with E-state index in [2.05, 4.69) is 31.8 Å². The Bertz CT molecular complexity index is 302. The Morgan fingerprint density at radius 3 is 2.83 bits per heavy atom. The lowest BCUT2D eigenvalue weighted by Gasteiger charge is -2.08. The molecule has 0 N–H and O–H groups in total. The molecule has 64 valence electrons. The van der Waals surface area contributed by atoms with Crippen molar-refractivity contribution in [2.75, 3.05) is 0 Å². The Morgan fingerprint density at radius 1 is 1.67 bits per heavy atom. The monoisotopic (exact) mass is 162 g/mol. The van der Waals surface area contributed by atoms with E-state index in [9.17, 15) is 0 Å². The average molecular weight is 162 g/mol. The molecule has 0 fully saturated rings. The molecule has 0 amide bonds. The van der Waals surface area contributed by atoms with E-state index in [0.717, 1.165) is 0 Å². The van der Waals surface area contributed by atoms with Crippen LogP contribution in [0.3, 0.4) is 0 Å². The van der Waals surface area contributed by atoms with Crippen molar-refractivity contribution < 1.29 is 0 Å². The fourth-order valence-corrected chi connectivity index (χ4v) is 1.45. The molecule has 0 radical (unpaired) electrons. The van der Waals surface area contributed by atoms with Crippen LogP contribution < -0.4 is 0 Å². The molecule has 1 rings (SSSR count). The molecule has 1 aromatic heterocycles. The van der Waals surface area contributed by atoms with E-state index in [1.165, 1.54) is 11.3 Å². The van der Waals surface area contributed by atoms with Crippen LogP contribution in [0.25, 0.3) is 0 Å². The zero-order valence-electron chi connectivity index (χ0n) is 7.83. The first-order chi connectivity index (χ1) is 5.66. The fourth-order valence-electron chi connectivity index (χ4n) is 1.45. The predicted molar refractivity (Wildman–Crippen MR) is 49.9 cm³/mol. The number of hydrogen-bond donors (Lipinski definition) is 0. The standard InChI is InChI=1S/C10H14N2/c1-5-6-12-10(8(2)3)9(4)7-11-12/h1,7-8H,6H2,2-4H3. The molecule has 1 aromatic rings. The van der Waals surface area contributed by atoms with Crippen molar-refractivity contribution in [2.45, 2.75) is 33.2 Å². The Kier molecular flexibility index (Phi) is 2.54. The second kappa shape index (κ2) is 3.44. The molecular formula is C10H14N2. The van der Waals surface area contributed by atoms with Gasteiger partial charge in [0.1, 0.15) is 6.54 Å². The van der Waals surface area contributed by atoms with Crippen LogP contribution >= 0.6 is 0 Å². The van der Waals surface area contributed by atoms with Crippen LogP contribution in [0.15, 0.2) is 6.20 Å². The van der Waals surface area contributed by atoms with Gasteiger partial charge in [-0.25, -0.2) is 0 Å². The van der Waals surface area contributed by atoms with Gasteiger partial charge in [0.2, 0.25) is 0 Å². The Morgan fingerprint density at radius 2 is 2.33 bits per heavy atom. The maximum absolute atomic E-state index is 5.23. The first-order valence-corrected chi connectivity index (χ1v) is 4.12. The van der Waals surface area contributed by atoms with Crippen LogP contribution in [0.4, 0.5) is 0 Å². The molecule has 0 saturated carbocycles. The molecule has 0 aromatic carbocycles. The number of aromatic nitrogens is 2. The number of aryl methyl sites for hydroxylation is 1. The summed E-state index contributed by atoms with van der Waals surface area (Å²) in [5.41, 5.74) is 2.47. The second-order valence-corrected chi connectivity index (χ2v) is 3.23. The van der Waals surface area contributed by atoms with Crippen molar-refractivity contribution in [1.29, 1.82) is 0 Å². The zero-order valence-corrected chi connectivity index (χ0v) is 7.83. The van der Waals surface area contributed by atoms with Gasteiger partial charge in [-0.2, -0.15) is 5.10 Å². The highest BCUT2D eigenvalue weighted by Gasteiger charge is 2.09. The van der Waals surface area contributed by atoms with Crippen LogP contribution in [0.1, 0.15) is 31.0 Å². The summed E-state index contributed by atoms with van der Waals surface area (Å²) in [5, 5.41) is 4.20. The van der Waals surface area contributed by atoms with Gasteiger partial charge in [-0.1, -0.05) is 19.8 Å². The van der Waals surface area contributed by atoms with Crippen LogP contribution in [0.2, 0.25) is 0 Å². The van der Waals surface area contributed by atoms with Crippen LogP contribution in [0, 0.1) is 19.3 Å². The summed E-state index contributed by atoms with van der Waals surface area (Å²) in [6, 6.07) is 0. The summed E-state index contributed by atoms with van der Waals surface area (Å²) in [7, 11) is 0. The summed E-state index contributed by atoms with van der Waals surface area (Å²) in [6.45, 7) is 6.94. The predicted octanol–water partition coefficient (Wildman–Crippen LogP) is 1.95. The SMILES string of the molecule is C#CCn1ncc(C)c1C(C)C. The van der Waals surface area contributed by atoms with Gasteiger partial charge in [0.25, 0.3) is 0 Å². The van der Waals surface area contributed by atoms with E-state index in [1.54, 1.807) is 0 Å². The lowest BCUT2D eigenvalue weighted by molar-refractivity contribution is 0.634. The van der Waals surface area contributed by atoms with Gasteiger partial charge in [-0.15, -0.1) is 6.42 Å². The molecular weight excluding hydrogens is 148 g/mol.